The number of thioether (sulfide) groups is 1. The van der Waals surface area contributed by atoms with E-state index >= 15 is 0 Å². The Labute approximate surface area is 162 Å². The molecule has 0 spiro atoms. The van der Waals surface area contributed by atoms with Gasteiger partial charge >= 0.3 is 0 Å². The van der Waals surface area contributed by atoms with Crippen LogP contribution in [0.25, 0.3) is 0 Å². The normalized spacial score (nSPS) is 16.4. The molecular formula is C19H19Cl2NO2S. The number of hydrogen-bond donors (Lipinski definition) is 1. The first-order chi connectivity index (χ1) is 12.1. The third-order valence-electron chi connectivity index (χ3n) is 4.23. The first-order valence-electron chi connectivity index (χ1n) is 8.13. The molecule has 1 heterocycles. The van der Waals surface area contributed by atoms with Crippen molar-refractivity contribution >= 4 is 40.9 Å². The van der Waals surface area contributed by atoms with E-state index in [4.69, 9.17) is 27.9 Å². The molecule has 1 saturated heterocycles. The lowest BCUT2D eigenvalue weighted by Gasteiger charge is -2.36. The maximum absolute atomic E-state index is 12.6. The highest BCUT2D eigenvalue weighted by molar-refractivity contribution is 8.00. The summed E-state index contributed by atoms with van der Waals surface area (Å²) in [6.45, 7) is 1.96. The average molecular weight is 396 g/mol. The highest BCUT2D eigenvalue weighted by Crippen LogP contribution is 2.40. The standard InChI is InChI=1S/C19H19Cl2NO2S/c20-14-6-7-17(21)16(12-14)18(23)22-13-19(8-10-24-11-9-19)25-15-4-2-1-3-5-15/h1-7,12H,8-11,13H2,(H,22,23). The molecule has 2 aromatic carbocycles. The summed E-state index contributed by atoms with van der Waals surface area (Å²) in [6, 6.07) is 15.2. The van der Waals surface area contributed by atoms with Gasteiger partial charge < -0.3 is 10.1 Å². The van der Waals surface area contributed by atoms with E-state index in [1.54, 1.807) is 30.0 Å². The molecule has 1 aliphatic heterocycles. The molecule has 1 amide bonds. The van der Waals surface area contributed by atoms with Gasteiger partial charge in [0.15, 0.2) is 0 Å². The minimum atomic E-state index is -0.202. The quantitative estimate of drug-likeness (QED) is 0.768. The van der Waals surface area contributed by atoms with Gasteiger partial charge in [0, 0.05) is 34.4 Å². The van der Waals surface area contributed by atoms with Crippen molar-refractivity contribution in [2.75, 3.05) is 19.8 Å². The first kappa shape index (κ1) is 18.6. The van der Waals surface area contributed by atoms with Gasteiger partial charge in [0.1, 0.15) is 0 Å². The number of rotatable bonds is 5. The number of carbonyl (C=O) groups excluding carboxylic acids is 1. The van der Waals surface area contributed by atoms with Crippen LogP contribution in [0.4, 0.5) is 0 Å². The molecule has 0 bridgehead atoms. The lowest BCUT2D eigenvalue weighted by Crippen LogP contribution is -2.44. The number of carbonyl (C=O) groups is 1. The molecule has 1 N–H and O–H groups in total. The second-order valence-electron chi connectivity index (χ2n) is 6.02. The summed E-state index contributed by atoms with van der Waals surface area (Å²) in [5.41, 5.74) is 0.404. The molecule has 0 aliphatic carbocycles. The zero-order valence-electron chi connectivity index (χ0n) is 13.6. The summed E-state index contributed by atoms with van der Waals surface area (Å²) < 4.78 is 5.44. The number of amides is 1. The van der Waals surface area contributed by atoms with Crippen LogP contribution in [0.5, 0.6) is 0 Å². The zero-order chi connectivity index (χ0) is 17.7. The summed E-state index contributed by atoms with van der Waals surface area (Å²) in [6.07, 6.45) is 1.77. The maximum atomic E-state index is 12.6. The summed E-state index contributed by atoms with van der Waals surface area (Å²) in [5, 5.41) is 3.94. The molecule has 0 radical (unpaired) electrons. The van der Waals surface area contributed by atoms with Crippen LogP contribution in [0.3, 0.4) is 0 Å². The minimum Gasteiger partial charge on any atom is -0.381 e. The topological polar surface area (TPSA) is 38.3 Å². The molecule has 0 aromatic heterocycles. The molecule has 1 fully saturated rings. The van der Waals surface area contributed by atoms with Crippen LogP contribution in [0.1, 0.15) is 23.2 Å². The van der Waals surface area contributed by atoms with Crippen LogP contribution < -0.4 is 5.32 Å². The molecule has 25 heavy (non-hydrogen) atoms. The Kier molecular flexibility index (Phi) is 6.29. The SMILES string of the molecule is O=C(NCC1(Sc2ccccc2)CCOCC1)c1cc(Cl)ccc1Cl. The molecule has 0 saturated carbocycles. The van der Waals surface area contributed by atoms with Crippen molar-refractivity contribution in [1.82, 2.24) is 5.32 Å². The zero-order valence-corrected chi connectivity index (χ0v) is 16.0. The molecule has 132 valence electrons. The smallest absolute Gasteiger partial charge is 0.252 e. The lowest BCUT2D eigenvalue weighted by molar-refractivity contribution is 0.0741. The van der Waals surface area contributed by atoms with Crippen molar-refractivity contribution in [1.29, 1.82) is 0 Å². The Morgan fingerprint density at radius 3 is 2.56 bits per heavy atom. The van der Waals surface area contributed by atoms with Gasteiger partial charge in [0.2, 0.25) is 0 Å². The number of hydrogen-bond acceptors (Lipinski definition) is 3. The van der Waals surface area contributed by atoms with E-state index in [2.05, 4.69) is 17.4 Å². The molecule has 0 unspecified atom stereocenters. The predicted molar refractivity (Wildman–Crippen MR) is 104 cm³/mol. The first-order valence-corrected chi connectivity index (χ1v) is 9.70. The number of ether oxygens (including phenoxy) is 1. The van der Waals surface area contributed by atoms with Crippen LogP contribution in [0.2, 0.25) is 10.0 Å². The van der Waals surface area contributed by atoms with E-state index in [-0.39, 0.29) is 10.7 Å². The van der Waals surface area contributed by atoms with E-state index in [9.17, 15) is 4.79 Å². The predicted octanol–water partition coefficient (Wildman–Crippen LogP) is 5.06. The monoisotopic (exact) mass is 395 g/mol. The second kappa shape index (κ2) is 8.45. The van der Waals surface area contributed by atoms with Crippen molar-refractivity contribution in [2.45, 2.75) is 22.5 Å². The van der Waals surface area contributed by atoms with Gasteiger partial charge in [-0.15, -0.1) is 11.8 Å². The van der Waals surface area contributed by atoms with E-state index in [1.807, 2.05) is 18.2 Å². The molecule has 1 aliphatic rings. The van der Waals surface area contributed by atoms with E-state index < -0.39 is 0 Å². The minimum absolute atomic E-state index is 0.0830. The third kappa shape index (κ3) is 4.91. The highest BCUT2D eigenvalue weighted by Gasteiger charge is 2.34. The third-order valence-corrected chi connectivity index (χ3v) is 6.28. The van der Waals surface area contributed by atoms with E-state index in [0.717, 1.165) is 12.8 Å². The van der Waals surface area contributed by atoms with E-state index in [0.29, 0.717) is 35.4 Å². The van der Waals surface area contributed by atoms with Gasteiger partial charge in [-0.05, 0) is 43.2 Å². The Bertz CT molecular complexity index is 733. The fourth-order valence-electron chi connectivity index (χ4n) is 2.80. The van der Waals surface area contributed by atoms with Crippen LogP contribution in [-0.4, -0.2) is 30.4 Å². The van der Waals surface area contributed by atoms with Gasteiger partial charge in [-0.3, -0.25) is 4.79 Å². The summed E-state index contributed by atoms with van der Waals surface area (Å²) in [7, 11) is 0. The number of nitrogens with one attached hydrogen (secondary N) is 1. The van der Waals surface area contributed by atoms with Crippen LogP contribution in [0.15, 0.2) is 53.4 Å². The second-order valence-corrected chi connectivity index (χ2v) is 8.40. The summed E-state index contributed by atoms with van der Waals surface area (Å²) in [5.74, 6) is -0.202. The van der Waals surface area contributed by atoms with Crippen LogP contribution >= 0.6 is 35.0 Å². The van der Waals surface area contributed by atoms with Gasteiger partial charge in [-0.1, -0.05) is 41.4 Å². The average Bonchev–Trinajstić information content (AvgIpc) is 2.63. The fraction of sp³-hybridized carbons (Fsp3) is 0.316. The largest absolute Gasteiger partial charge is 0.381 e. The highest BCUT2D eigenvalue weighted by atomic mass is 35.5. The van der Waals surface area contributed by atoms with Crippen LogP contribution in [-0.2, 0) is 4.74 Å². The lowest BCUT2D eigenvalue weighted by atomic mass is 9.99. The van der Waals surface area contributed by atoms with Crippen molar-refractivity contribution in [3.8, 4) is 0 Å². The van der Waals surface area contributed by atoms with Gasteiger partial charge in [-0.25, -0.2) is 0 Å². The number of benzene rings is 2. The van der Waals surface area contributed by atoms with Gasteiger partial charge in [-0.2, -0.15) is 0 Å². The van der Waals surface area contributed by atoms with Crippen LogP contribution in [0, 0.1) is 0 Å². The van der Waals surface area contributed by atoms with Crippen molar-refractivity contribution < 1.29 is 9.53 Å². The van der Waals surface area contributed by atoms with Gasteiger partial charge in [0.05, 0.1) is 10.6 Å². The molecule has 3 rings (SSSR count). The van der Waals surface area contributed by atoms with E-state index in [1.165, 1.54) is 4.90 Å². The molecular weight excluding hydrogens is 377 g/mol. The Morgan fingerprint density at radius 1 is 1.12 bits per heavy atom. The summed E-state index contributed by atoms with van der Waals surface area (Å²) in [4.78, 5) is 13.8. The molecule has 0 atom stereocenters. The molecule has 2 aromatic rings. The van der Waals surface area contributed by atoms with Crippen molar-refractivity contribution in [2.24, 2.45) is 0 Å². The Morgan fingerprint density at radius 2 is 1.84 bits per heavy atom. The Hall–Kier alpha value is -1.20. The van der Waals surface area contributed by atoms with Crippen molar-refractivity contribution in [3.63, 3.8) is 0 Å². The Balaban J connectivity index is 1.72. The van der Waals surface area contributed by atoms with Gasteiger partial charge in [0.25, 0.3) is 5.91 Å². The van der Waals surface area contributed by atoms with Crippen molar-refractivity contribution in [3.05, 3.63) is 64.1 Å². The maximum Gasteiger partial charge on any atom is 0.252 e. The molecule has 6 heteroatoms. The molecule has 3 nitrogen and oxygen atoms in total. The number of halogens is 2. The fourth-order valence-corrected chi connectivity index (χ4v) is 4.49. The summed E-state index contributed by atoms with van der Waals surface area (Å²) >= 11 is 13.9.